The minimum absolute atomic E-state index is 0.428. The van der Waals surface area contributed by atoms with Crippen LogP contribution in [0, 0.1) is 0 Å². The van der Waals surface area contributed by atoms with Gasteiger partial charge in [-0.3, -0.25) is 9.97 Å². The first-order chi connectivity index (χ1) is 9.35. The largest absolute Gasteiger partial charge is 0.454 e. The molecule has 0 spiro atoms. The SMILES string of the molecule is NCc1ccc(Oc2cnc3ccccc3c2)cn1. The van der Waals surface area contributed by atoms with E-state index in [1.54, 1.807) is 12.4 Å². The minimum atomic E-state index is 0.428. The van der Waals surface area contributed by atoms with Crippen molar-refractivity contribution in [3.63, 3.8) is 0 Å². The van der Waals surface area contributed by atoms with Gasteiger partial charge in [-0.2, -0.15) is 0 Å². The summed E-state index contributed by atoms with van der Waals surface area (Å²) >= 11 is 0. The van der Waals surface area contributed by atoms with Crippen LogP contribution in [0.5, 0.6) is 11.5 Å². The van der Waals surface area contributed by atoms with Gasteiger partial charge in [0.1, 0.15) is 11.5 Å². The molecule has 4 heteroatoms. The maximum absolute atomic E-state index is 5.72. The smallest absolute Gasteiger partial charge is 0.146 e. The number of hydrogen-bond acceptors (Lipinski definition) is 4. The molecule has 4 nitrogen and oxygen atoms in total. The number of pyridine rings is 2. The summed E-state index contributed by atoms with van der Waals surface area (Å²) in [5.74, 6) is 1.37. The summed E-state index contributed by atoms with van der Waals surface area (Å²) in [6.07, 6.45) is 3.37. The molecule has 3 aromatic rings. The van der Waals surface area contributed by atoms with E-state index in [1.165, 1.54) is 0 Å². The van der Waals surface area contributed by atoms with E-state index < -0.39 is 0 Å². The Morgan fingerprint density at radius 2 is 1.79 bits per heavy atom. The van der Waals surface area contributed by atoms with Crippen molar-refractivity contribution in [2.24, 2.45) is 5.73 Å². The van der Waals surface area contributed by atoms with Crippen LogP contribution in [0.15, 0.2) is 54.9 Å². The van der Waals surface area contributed by atoms with Gasteiger partial charge in [-0.05, 0) is 24.3 Å². The second-order valence-corrected chi connectivity index (χ2v) is 4.16. The molecule has 1 aromatic carbocycles. The first-order valence-corrected chi connectivity index (χ1v) is 6.03. The molecule has 0 fully saturated rings. The molecule has 0 unspecified atom stereocenters. The minimum Gasteiger partial charge on any atom is -0.454 e. The number of nitrogens with two attached hydrogens (primary N) is 1. The van der Waals surface area contributed by atoms with Gasteiger partial charge >= 0.3 is 0 Å². The Labute approximate surface area is 110 Å². The molecule has 0 aliphatic heterocycles. The summed E-state index contributed by atoms with van der Waals surface area (Å²) in [5, 5.41) is 1.05. The first-order valence-electron chi connectivity index (χ1n) is 6.03. The molecule has 19 heavy (non-hydrogen) atoms. The van der Waals surface area contributed by atoms with E-state index >= 15 is 0 Å². The quantitative estimate of drug-likeness (QED) is 0.777. The Morgan fingerprint density at radius 1 is 0.947 bits per heavy atom. The fourth-order valence-electron chi connectivity index (χ4n) is 1.83. The fourth-order valence-corrected chi connectivity index (χ4v) is 1.83. The van der Waals surface area contributed by atoms with Gasteiger partial charge in [0, 0.05) is 11.9 Å². The molecule has 0 radical (unpaired) electrons. The maximum Gasteiger partial charge on any atom is 0.146 e. The van der Waals surface area contributed by atoms with Crippen molar-refractivity contribution >= 4 is 10.9 Å². The lowest BCUT2D eigenvalue weighted by atomic mass is 10.2. The standard InChI is InChI=1S/C15H13N3O/c16-8-12-5-6-13(9-17-12)19-14-7-11-3-1-2-4-15(11)18-10-14/h1-7,9-10H,8,16H2. The van der Waals surface area contributed by atoms with Crippen LogP contribution >= 0.6 is 0 Å². The van der Waals surface area contributed by atoms with Gasteiger partial charge in [-0.25, -0.2) is 0 Å². The third-order valence-electron chi connectivity index (χ3n) is 2.81. The molecule has 0 aliphatic rings. The Bertz CT molecular complexity index is 695. The Hall–Kier alpha value is -2.46. The van der Waals surface area contributed by atoms with Crippen LogP contribution in [-0.4, -0.2) is 9.97 Å². The molecule has 0 atom stereocenters. The van der Waals surface area contributed by atoms with Crippen molar-refractivity contribution in [1.29, 1.82) is 0 Å². The number of para-hydroxylation sites is 1. The van der Waals surface area contributed by atoms with Gasteiger partial charge in [-0.15, -0.1) is 0 Å². The van der Waals surface area contributed by atoms with Crippen LogP contribution in [0.4, 0.5) is 0 Å². The van der Waals surface area contributed by atoms with E-state index in [0.717, 1.165) is 16.6 Å². The highest BCUT2D eigenvalue weighted by Gasteiger charge is 2.01. The van der Waals surface area contributed by atoms with Crippen LogP contribution in [0.1, 0.15) is 5.69 Å². The fraction of sp³-hybridized carbons (Fsp3) is 0.0667. The molecule has 0 saturated heterocycles. The Kier molecular flexibility index (Phi) is 3.08. The van der Waals surface area contributed by atoms with Gasteiger partial charge in [0.15, 0.2) is 0 Å². The number of ether oxygens (including phenoxy) is 1. The molecule has 0 bridgehead atoms. The summed E-state index contributed by atoms with van der Waals surface area (Å²) in [6, 6.07) is 13.6. The maximum atomic E-state index is 5.72. The number of fused-ring (bicyclic) bond motifs is 1. The van der Waals surface area contributed by atoms with Gasteiger partial charge in [0.05, 0.1) is 23.6 Å². The molecule has 2 aromatic heterocycles. The van der Waals surface area contributed by atoms with Crippen molar-refractivity contribution in [1.82, 2.24) is 9.97 Å². The van der Waals surface area contributed by atoms with Crippen molar-refractivity contribution in [2.45, 2.75) is 6.54 Å². The number of hydrogen-bond donors (Lipinski definition) is 1. The third-order valence-corrected chi connectivity index (χ3v) is 2.81. The molecule has 2 heterocycles. The lowest BCUT2D eigenvalue weighted by molar-refractivity contribution is 0.478. The highest BCUT2D eigenvalue weighted by molar-refractivity contribution is 5.79. The van der Waals surface area contributed by atoms with E-state index in [-0.39, 0.29) is 0 Å². The number of rotatable bonds is 3. The summed E-state index contributed by atoms with van der Waals surface area (Å²) in [4.78, 5) is 8.53. The molecular formula is C15H13N3O. The highest BCUT2D eigenvalue weighted by atomic mass is 16.5. The van der Waals surface area contributed by atoms with Crippen molar-refractivity contribution in [3.8, 4) is 11.5 Å². The van der Waals surface area contributed by atoms with Crippen LogP contribution in [-0.2, 0) is 6.54 Å². The molecule has 0 amide bonds. The predicted molar refractivity (Wildman–Crippen MR) is 73.9 cm³/mol. The summed E-state index contributed by atoms with van der Waals surface area (Å²) < 4.78 is 5.72. The third kappa shape index (κ3) is 2.53. The van der Waals surface area contributed by atoms with Gasteiger partial charge in [0.2, 0.25) is 0 Å². The second kappa shape index (κ2) is 5.04. The molecule has 2 N–H and O–H groups in total. The second-order valence-electron chi connectivity index (χ2n) is 4.16. The normalized spacial score (nSPS) is 10.6. The zero-order chi connectivity index (χ0) is 13.1. The highest BCUT2D eigenvalue weighted by Crippen LogP contribution is 2.23. The average Bonchev–Trinajstić information content (AvgIpc) is 2.48. The molecule has 3 rings (SSSR count). The van der Waals surface area contributed by atoms with E-state index in [2.05, 4.69) is 9.97 Å². The Balaban J connectivity index is 1.87. The zero-order valence-corrected chi connectivity index (χ0v) is 10.3. The van der Waals surface area contributed by atoms with Crippen molar-refractivity contribution in [2.75, 3.05) is 0 Å². The van der Waals surface area contributed by atoms with Crippen LogP contribution < -0.4 is 10.5 Å². The Morgan fingerprint density at radius 3 is 2.58 bits per heavy atom. The van der Waals surface area contributed by atoms with Crippen molar-refractivity contribution < 1.29 is 4.74 Å². The van der Waals surface area contributed by atoms with E-state index in [9.17, 15) is 0 Å². The molecule has 0 saturated carbocycles. The predicted octanol–water partition coefficient (Wildman–Crippen LogP) is 2.88. The monoisotopic (exact) mass is 251 g/mol. The topological polar surface area (TPSA) is 61.0 Å². The average molecular weight is 251 g/mol. The molecule has 94 valence electrons. The number of aromatic nitrogens is 2. The van der Waals surface area contributed by atoms with E-state index in [1.807, 2.05) is 42.5 Å². The van der Waals surface area contributed by atoms with Crippen LogP contribution in [0.2, 0.25) is 0 Å². The summed E-state index contributed by atoms with van der Waals surface area (Å²) in [6.45, 7) is 0.428. The molecule has 0 aliphatic carbocycles. The van der Waals surface area contributed by atoms with Crippen LogP contribution in [0.3, 0.4) is 0 Å². The lowest BCUT2D eigenvalue weighted by Gasteiger charge is -2.06. The van der Waals surface area contributed by atoms with Crippen LogP contribution in [0.25, 0.3) is 10.9 Å². The lowest BCUT2D eigenvalue weighted by Crippen LogP contribution is -1.98. The van der Waals surface area contributed by atoms with Gasteiger partial charge in [-0.1, -0.05) is 18.2 Å². The summed E-state index contributed by atoms with van der Waals surface area (Å²) in [7, 11) is 0. The number of nitrogens with zero attached hydrogens (tertiary/aromatic N) is 2. The molecular weight excluding hydrogens is 238 g/mol. The summed E-state index contributed by atoms with van der Waals surface area (Å²) in [5.41, 5.74) is 7.29. The van der Waals surface area contributed by atoms with Gasteiger partial charge in [0.25, 0.3) is 0 Å². The zero-order valence-electron chi connectivity index (χ0n) is 10.3. The van der Waals surface area contributed by atoms with E-state index in [0.29, 0.717) is 18.0 Å². The first kappa shape index (κ1) is 11.6. The number of benzene rings is 1. The van der Waals surface area contributed by atoms with Gasteiger partial charge < -0.3 is 10.5 Å². The van der Waals surface area contributed by atoms with Crippen molar-refractivity contribution in [3.05, 3.63) is 60.6 Å². The van der Waals surface area contributed by atoms with E-state index in [4.69, 9.17) is 10.5 Å².